The fraction of sp³-hybridized carbons (Fsp3) is 0.385. The quantitative estimate of drug-likeness (QED) is 0.822. The second-order valence-corrected chi connectivity index (χ2v) is 4.73. The Morgan fingerprint density at radius 2 is 2.22 bits per heavy atom. The molecule has 1 aliphatic rings. The molecule has 1 aromatic carbocycles. The van der Waals surface area contributed by atoms with Gasteiger partial charge in [0.15, 0.2) is 0 Å². The van der Waals surface area contributed by atoms with Crippen LogP contribution in [-0.2, 0) is 22.6 Å². The number of fused-ring (bicyclic) bond motifs is 1. The molecule has 0 aliphatic carbocycles. The minimum Gasteiger partial charge on any atom is -0.369 e. The molecule has 5 heteroatoms. The molecule has 2 amide bonds. The molecule has 2 N–H and O–H groups in total. The van der Waals surface area contributed by atoms with Crippen LogP contribution >= 0.6 is 0 Å². The van der Waals surface area contributed by atoms with E-state index in [-0.39, 0.29) is 18.4 Å². The fourth-order valence-electron chi connectivity index (χ4n) is 2.26. The molecule has 0 fully saturated rings. The van der Waals surface area contributed by atoms with Gasteiger partial charge >= 0.3 is 0 Å². The first kappa shape index (κ1) is 12.6. The Labute approximate surface area is 106 Å². The summed E-state index contributed by atoms with van der Waals surface area (Å²) < 4.78 is 0. The zero-order valence-corrected chi connectivity index (χ0v) is 10.6. The minimum absolute atomic E-state index is 0.118. The van der Waals surface area contributed by atoms with Crippen molar-refractivity contribution in [2.45, 2.75) is 13.0 Å². The second-order valence-electron chi connectivity index (χ2n) is 4.73. The Morgan fingerprint density at radius 3 is 2.89 bits per heavy atom. The number of likely N-dealkylation sites (N-methyl/N-ethyl adjacent to an activating group) is 2. The summed E-state index contributed by atoms with van der Waals surface area (Å²) in [5, 5.41) is 0. The van der Waals surface area contributed by atoms with Crippen LogP contribution in [0.3, 0.4) is 0 Å². The number of amides is 2. The molecule has 0 aromatic heterocycles. The molecule has 0 unspecified atom stereocenters. The van der Waals surface area contributed by atoms with E-state index in [0.29, 0.717) is 13.0 Å². The van der Waals surface area contributed by atoms with Gasteiger partial charge in [-0.3, -0.25) is 14.5 Å². The highest BCUT2D eigenvalue weighted by Gasteiger charge is 2.23. The highest BCUT2D eigenvalue weighted by molar-refractivity contribution is 6.00. The molecular weight excluding hydrogens is 230 g/mol. The van der Waals surface area contributed by atoms with Crippen LogP contribution in [0.15, 0.2) is 18.2 Å². The molecule has 96 valence electrons. The first-order valence-corrected chi connectivity index (χ1v) is 5.82. The molecule has 2 rings (SSSR count). The van der Waals surface area contributed by atoms with Crippen LogP contribution in [0, 0.1) is 0 Å². The summed E-state index contributed by atoms with van der Waals surface area (Å²) in [7, 11) is 3.63. The van der Waals surface area contributed by atoms with Crippen LogP contribution in [0.2, 0.25) is 0 Å². The Balaban J connectivity index is 2.11. The number of anilines is 1. The third-order valence-corrected chi connectivity index (χ3v) is 3.10. The van der Waals surface area contributed by atoms with Gasteiger partial charge in [0, 0.05) is 19.3 Å². The summed E-state index contributed by atoms with van der Waals surface area (Å²) in [6.07, 6.45) is 0.458. The van der Waals surface area contributed by atoms with Gasteiger partial charge in [-0.15, -0.1) is 0 Å². The smallest absolute Gasteiger partial charge is 0.231 e. The van der Waals surface area contributed by atoms with Gasteiger partial charge in [0.25, 0.3) is 0 Å². The molecule has 1 aliphatic heterocycles. The SMILES string of the molecule is CN(CC(N)=O)Cc1ccc2c(c1)CC(=O)N2C. The third-order valence-electron chi connectivity index (χ3n) is 3.10. The van der Waals surface area contributed by atoms with Crippen molar-refractivity contribution in [3.8, 4) is 0 Å². The lowest BCUT2D eigenvalue weighted by Gasteiger charge is -2.15. The van der Waals surface area contributed by atoms with E-state index in [2.05, 4.69) is 0 Å². The lowest BCUT2D eigenvalue weighted by atomic mass is 10.1. The Morgan fingerprint density at radius 1 is 1.50 bits per heavy atom. The molecular formula is C13H17N3O2. The number of nitrogens with zero attached hydrogens (tertiary/aromatic N) is 2. The molecule has 1 heterocycles. The van der Waals surface area contributed by atoms with Crippen LogP contribution in [0.5, 0.6) is 0 Å². The minimum atomic E-state index is -0.339. The van der Waals surface area contributed by atoms with E-state index in [0.717, 1.165) is 16.8 Å². The number of benzene rings is 1. The summed E-state index contributed by atoms with van der Waals surface area (Å²) in [4.78, 5) is 25.9. The maximum Gasteiger partial charge on any atom is 0.231 e. The van der Waals surface area contributed by atoms with Crippen molar-refractivity contribution >= 4 is 17.5 Å². The van der Waals surface area contributed by atoms with Gasteiger partial charge < -0.3 is 10.6 Å². The fourth-order valence-corrected chi connectivity index (χ4v) is 2.26. The summed E-state index contributed by atoms with van der Waals surface area (Å²) in [6.45, 7) is 0.879. The lowest BCUT2D eigenvalue weighted by molar-refractivity contribution is -0.119. The second kappa shape index (κ2) is 4.78. The Kier molecular flexibility index (Phi) is 3.34. The van der Waals surface area contributed by atoms with Crippen molar-refractivity contribution in [3.05, 3.63) is 29.3 Å². The molecule has 0 bridgehead atoms. The summed E-state index contributed by atoms with van der Waals surface area (Å²) >= 11 is 0. The van der Waals surface area contributed by atoms with E-state index in [9.17, 15) is 9.59 Å². The molecule has 0 saturated carbocycles. The highest BCUT2D eigenvalue weighted by atomic mass is 16.2. The van der Waals surface area contributed by atoms with Gasteiger partial charge in [-0.25, -0.2) is 0 Å². The average molecular weight is 247 g/mol. The van der Waals surface area contributed by atoms with Gasteiger partial charge in [-0.2, -0.15) is 0 Å². The molecule has 0 radical (unpaired) electrons. The van der Waals surface area contributed by atoms with Crippen LogP contribution in [0.1, 0.15) is 11.1 Å². The third kappa shape index (κ3) is 2.51. The topological polar surface area (TPSA) is 66.6 Å². The summed E-state index contributed by atoms with van der Waals surface area (Å²) in [5.41, 5.74) is 8.25. The number of hydrogen-bond donors (Lipinski definition) is 1. The zero-order chi connectivity index (χ0) is 13.3. The number of nitrogens with two attached hydrogens (primary N) is 1. The molecule has 0 saturated heterocycles. The average Bonchev–Trinajstić information content (AvgIpc) is 2.53. The monoisotopic (exact) mass is 247 g/mol. The molecule has 5 nitrogen and oxygen atoms in total. The Hall–Kier alpha value is -1.88. The molecule has 1 aromatic rings. The standard InChI is InChI=1S/C13H17N3O2/c1-15(8-12(14)17)7-9-3-4-11-10(5-9)6-13(18)16(11)2/h3-5H,6-8H2,1-2H3,(H2,14,17). The molecule has 0 spiro atoms. The number of carbonyl (C=O) groups is 2. The number of carbonyl (C=O) groups excluding carboxylic acids is 2. The largest absolute Gasteiger partial charge is 0.369 e. The van der Waals surface area contributed by atoms with E-state index in [1.54, 1.807) is 11.9 Å². The Bertz CT molecular complexity index is 499. The number of rotatable bonds is 4. The zero-order valence-electron chi connectivity index (χ0n) is 10.6. The lowest BCUT2D eigenvalue weighted by Crippen LogP contribution is -2.30. The highest BCUT2D eigenvalue weighted by Crippen LogP contribution is 2.28. The van der Waals surface area contributed by atoms with Crippen LogP contribution in [0.25, 0.3) is 0 Å². The van der Waals surface area contributed by atoms with Crippen LogP contribution < -0.4 is 10.6 Å². The van der Waals surface area contributed by atoms with E-state index < -0.39 is 0 Å². The van der Waals surface area contributed by atoms with Crippen molar-refractivity contribution in [2.75, 3.05) is 25.5 Å². The summed E-state index contributed by atoms with van der Waals surface area (Å²) in [5.74, 6) is -0.221. The number of hydrogen-bond acceptors (Lipinski definition) is 3. The summed E-state index contributed by atoms with van der Waals surface area (Å²) in [6, 6.07) is 5.95. The van der Waals surface area contributed by atoms with E-state index in [4.69, 9.17) is 5.73 Å². The molecule has 18 heavy (non-hydrogen) atoms. The predicted octanol–water partition coefficient (Wildman–Crippen LogP) is 0.123. The van der Waals surface area contributed by atoms with E-state index in [1.165, 1.54) is 0 Å². The van der Waals surface area contributed by atoms with Gasteiger partial charge in [0.05, 0.1) is 13.0 Å². The van der Waals surface area contributed by atoms with E-state index >= 15 is 0 Å². The maximum absolute atomic E-state index is 11.6. The number of primary amides is 1. The first-order valence-electron chi connectivity index (χ1n) is 5.82. The predicted molar refractivity (Wildman–Crippen MR) is 69.1 cm³/mol. The van der Waals surface area contributed by atoms with Crippen molar-refractivity contribution in [3.63, 3.8) is 0 Å². The van der Waals surface area contributed by atoms with Gasteiger partial charge in [-0.1, -0.05) is 12.1 Å². The maximum atomic E-state index is 11.6. The van der Waals surface area contributed by atoms with Gasteiger partial charge in [-0.05, 0) is 24.2 Å². The van der Waals surface area contributed by atoms with Crippen molar-refractivity contribution in [1.29, 1.82) is 0 Å². The van der Waals surface area contributed by atoms with Crippen molar-refractivity contribution in [2.24, 2.45) is 5.73 Å². The van der Waals surface area contributed by atoms with Crippen LogP contribution in [0.4, 0.5) is 5.69 Å². The van der Waals surface area contributed by atoms with Gasteiger partial charge in [0.2, 0.25) is 11.8 Å². The van der Waals surface area contributed by atoms with E-state index in [1.807, 2.05) is 30.1 Å². The van der Waals surface area contributed by atoms with Crippen molar-refractivity contribution < 1.29 is 9.59 Å². The van der Waals surface area contributed by atoms with Gasteiger partial charge in [0.1, 0.15) is 0 Å². The first-order chi connectivity index (χ1) is 8.47. The molecule has 0 atom stereocenters. The van der Waals surface area contributed by atoms with Crippen LogP contribution in [-0.4, -0.2) is 37.4 Å². The van der Waals surface area contributed by atoms with Crippen molar-refractivity contribution in [1.82, 2.24) is 4.90 Å². The normalized spacial score (nSPS) is 14.2.